The van der Waals surface area contributed by atoms with Crippen molar-refractivity contribution in [3.63, 3.8) is 0 Å². The van der Waals surface area contributed by atoms with Gasteiger partial charge in [-0.2, -0.15) is 13.2 Å². The minimum absolute atomic E-state index is 0.173. The van der Waals surface area contributed by atoms with Crippen molar-refractivity contribution >= 4 is 0 Å². The zero-order valence-electron chi connectivity index (χ0n) is 9.15. The molecule has 0 unspecified atom stereocenters. The molecule has 0 saturated heterocycles. The fraction of sp³-hybridized carbons (Fsp3) is 1.00. The molecule has 0 aromatic carbocycles. The molecule has 0 aromatic rings. The van der Waals surface area contributed by atoms with Gasteiger partial charge in [0.2, 0.25) is 0 Å². The van der Waals surface area contributed by atoms with E-state index in [0.29, 0.717) is 0 Å². The van der Waals surface area contributed by atoms with Crippen LogP contribution in [0.15, 0.2) is 0 Å². The van der Waals surface area contributed by atoms with Gasteiger partial charge in [0.15, 0.2) is 5.60 Å². The normalized spacial score (nSPS) is 40.8. The first-order valence-electron chi connectivity index (χ1n) is 4.92. The molecule has 0 amide bonds. The van der Waals surface area contributed by atoms with Crippen molar-refractivity contribution in [3.8, 4) is 0 Å². The third kappa shape index (κ3) is 1.40. The van der Waals surface area contributed by atoms with E-state index in [1.54, 1.807) is 6.92 Å². The van der Waals surface area contributed by atoms with E-state index in [9.17, 15) is 23.4 Å². The maximum atomic E-state index is 12.8. The van der Waals surface area contributed by atoms with E-state index in [4.69, 9.17) is 0 Å². The minimum Gasteiger partial charge on any atom is -0.396 e. The fourth-order valence-electron chi connectivity index (χ4n) is 2.35. The molecule has 2 N–H and O–H groups in total. The first-order valence-corrected chi connectivity index (χ1v) is 4.92. The average Bonchev–Trinajstić information content (AvgIpc) is 2.27. The number of rotatable bonds is 1. The number of alkyl halides is 3. The van der Waals surface area contributed by atoms with Crippen LogP contribution in [0.2, 0.25) is 0 Å². The maximum Gasteiger partial charge on any atom is 0.417 e. The summed E-state index contributed by atoms with van der Waals surface area (Å²) < 4.78 is 38.4. The molecule has 1 aliphatic carbocycles. The molecule has 1 rings (SSSR count). The largest absolute Gasteiger partial charge is 0.417 e. The van der Waals surface area contributed by atoms with E-state index < -0.39 is 22.6 Å². The second-order valence-corrected chi connectivity index (χ2v) is 5.20. The van der Waals surface area contributed by atoms with Crippen molar-refractivity contribution in [2.45, 2.75) is 45.4 Å². The van der Waals surface area contributed by atoms with Crippen LogP contribution in [0, 0.1) is 10.8 Å². The van der Waals surface area contributed by atoms with Crippen molar-refractivity contribution in [1.82, 2.24) is 0 Å². The number of hydrogen-bond donors (Lipinski definition) is 2. The highest BCUT2D eigenvalue weighted by atomic mass is 19.4. The predicted octanol–water partition coefficient (Wildman–Crippen LogP) is 2.10. The summed E-state index contributed by atoms with van der Waals surface area (Å²) in [6.07, 6.45) is -4.82. The van der Waals surface area contributed by atoms with Crippen molar-refractivity contribution in [3.05, 3.63) is 0 Å². The lowest BCUT2D eigenvalue weighted by molar-refractivity contribution is -0.298. The molecule has 2 atom stereocenters. The Hall–Kier alpha value is -0.290. The van der Waals surface area contributed by atoms with Crippen LogP contribution in [0.1, 0.15) is 33.6 Å². The third-order valence-electron chi connectivity index (χ3n) is 4.40. The van der Waals surface area contributed by atoms with Gasteiger partial charge in [0, 0.05) is 12.0 Å². The SMILES string of the molecule is CC1(C)[C@](C)(CO)CC[C@@]1(O)C(F)(F)F. The molecule has 0 radical (unpaired) electrons. The molecule has 0 aromatic heterocycles. The first kappa shape index (κ1) is 12.8. The number of aliphatic hydroxyl groups excluding tert-OH is 1. The zero-order chi connectivity index (χ0) is 12.1. The van der Waals surface area contributed by atoms with Crippen LogP contribution < -0.4 is 0 Å². The predicted molar refractivity (Wildman–Crippen MR) is 49.2 cm³/mol. The Labute approximate surface area is 87.1 Å². The highest BCUT2D eigenvalue weighted by molar-refractivity contribution is 5.12. The van der Waals surface area contributed by atoms with Crippen LogP contribution in [0.3, 0.4) is 0 Å². The lowest BCUT2D eigenvalue weighted by Crippen LogP contribution is -2.57. The Balaban J connectivity index is 3.19. The Kier molecular flexibility index (Phi) is 2.64. The Morgan fingerprint density at radius 1 is 1.13 bits per heavy atom. The standard InChI is InChI=1S/C10H17F3O2/c1-7(2)8(3,6-14)4-5-9(7,15)10(11,12)13/h14-15H,4-6H2,1-3H3/t8-,9-/m0/s1. The molecule has 5 heteroatoms. The molecule has 1 saturated carbocycles. The lowest BCUT2D eigenvalue weighted by atomic mass is 9.64. The fourth-order valence-corrected chi connectivity index (χ4v) is 2.35. The number of aliphatic hydroxyl groups is 2. The highest BCUT2D eigenvalue weighted by Crippen LogP contribution is 2.62. The molecule has 0 aliphatic heterocycles. The molecule has 1 aliphatic rings. The summed E-state index contributed by atoms with van der Waals surface area (Å²) in [7, 11) is 0. The van der Waals surface area contributed by atoms with Crippen molar-refractivity contribution in [2.24, 2.45) is 10.8 Å². The first-order chi connectivity index (χ1) is 6.52. The second-order valence-electron chi connectivity index (χ2n) is 5.20. The van der Waals surface area contributed by atoms with Crippen LogP contribution >= 0.6 is 0 Å². The molecule has 1 fully saturated rings. The van der Waals surface area contributed by atoms with Gasteiger partial charge in [0.1, 0.15) is 0 Å². The summed E-state index contributed by atoms with van der Waals surface area (Å²) in [5.74, 6) is 0. The second kappa shape index (κ2) is 3.10. The van der Waals surface area contributed by atoms with E-state index in [1.165, 1.54) is 13.8 Å². The summed E-state index contributed by atoms with van der Waals surface area (Å²) in [6, 6.07) is 0. The topological polar surface area (TPSA) is 40.5 Å². The lowest BCUT2D eigenvalue weighted by Gasteiger charge is -2.45. The van der Waals surface area contributed by atoms with Gasteiger partial charge >= 0.3 is 6.18 Å². The van der Waals surface area contributed by atoms with E-state index in [0.717, 1.165) is 0 Å². The van der Waals surface area contributed by atoms with Gasteiger partial charge in [-0.1, -0.05) is 20.8 Å². The zero-order valence-corrected chi connectivity index (χ0v) is 9.15. The van der Waals surface area contributed by atoms with Crippen molar-refractivity contribution in [2.75, 3.05) is 6.61 Å². The van der Waals surface area contributed by atoms with Crippen LogP contribution in [-0.2, 0) is 0 Å². The van der Waals surface area contributed by atoms with E-state index >= 15 is 0 Å². The smallest absolute Gasteiger partial charge is 0.396 e. The quantitative estimate of drug-likeness (QED) is 0.718. The molecule has 15 heavy (non-hydrogen) atoms. The summed E-state index contributed by atoms with van der Waals surface area (Å²) in [5.41, 5.74) is -4.97. The van der Waals surface area contributed by atoms with Gasteiger partial charge in [-0.15, -0.1) is 0 Å². The Morgan fingerprint density at radius 2 is 1.60 bits per heavy atom. The highest BCUT2D eigenvalue weighted by Gasteiger charge is 2.70. The van der Waals surface area contributed by atoms with Crippen LogP contribution in [0.25, 0.3) is 0 Å². The van der Waals surface area contributed by atoms with Crippen LogP contribution in [0.5, 0.6) is 0 Å². The van der Waals surface area contributed by atoms with Gasteiger partial charge in [-0.3, -0.25) is 0 Å². The van der Waals surface area contributed by atoms with Crippen molar-refractivity contribution < 1.29 is 23.4 Å². The van der Waals surface area contributed by atoms with Gasteiger partial charge in [-0.05, 0) is 18.3 Å². The van der Waals surface area contributed by atoms with Crippen LogP contribution in [-0.4, -0.2) is 28.6 Å². The number of hydrogen-bond acceptors (Lipinski definition) is 2. The van der Waals surface area contributed by atoms with Crippen molar-refractivity contribution in [1.29, 1.82) is 0 Å². The third-order valence-corrected chi connectivity index (χ3v) is 4.40. The molecule has 90 valence electrons. The van der Waals surface area contributed by atoms with Gasteiger partial charge in [0.05, 0.1) is 0 Å². The Morgan fingerprint density at radius 3 is 1.80 bits per heavy atom. The summed E-state index contributed by atoms with van der Waals surface area (Å²) in [5, 5.41) is 19.0. The Bertz CT molecular complexity index is 262. The molecule has 0 spiro atoms. The number of halogens is 3. The van der Waals surface area contributed by atoms with Gasteiger partial charge in [-0.25, -0.2) is 0 Å². The van der Waals surface area contributed by atoms with Gasteiger partial charge in [0.25, 0.3) is 0 Å². The minimum atomic E-state index is -4.65. The average molecular weight is 226 g/mol. The van der Waals surface area contributed by atoms with E-state index in [2.05, 4.69) is 0 Å². The maximum absolute atomic E-state index is 12.8. The summed E-state index contributed by atoms with van der Waals surface area (Å²) in [6.45, 7) is 3.96. The van der Waals surface area contributed by atoms with Gasteiger partial charge < -0.3 is 10.2 Å². The molecule has 0 bridgehead atoms. The van der Waals surface area contributed by atoms with E-state index in [1.807, 2.05) is 0 Å². The summed E-state index contributed by atoms with van der Waals surface area (Å²) in [4.78, 5) is 0. The molecular weight excluding hydrogens is 209 g/mol. The molecule has 0 heterocycles. The summed E-state index contributed by atoms with van der Waals surface area (Å²) >= 11 is 0. The van der Waals surface area contributed by atoms with Crippen LogP contribution in [0.4, 0.5) is 13.2 Å². The molecule has 2 nitrogen and oxygen atoms in total. The van der Waals surface area contributed by atoms with E-state index in [-0.39, 0.29) is 19.4 Å². The molecular formula is C10H17F3O2. The monoisotopic (exact) mass is 226 g/mol.